The Morgan fingerprint density at radius 2 is 1.93 bits per heavy atom. The van der Waals surface area contributed by atoms with Crippen LogP contribution < -0.4 is 15.7 Å². The molecule has 28 heavy (non-hydrogen) atoms. The van der Waals surface area contributed by atoms with Crippen LogP contribution in [0.2, 0.25) is 0 Å². The second-order valence-corrected chi connectivity index (χ2v) is 7.12. The molecule has 0 bridgehead atoms. The van der Waals surface area contributed by atoms with E-state index in [0.29, 0.717) is 37.0 Å². The van der Waals surface area contributed by atoms with Crippen molar-refractivity contribution in [1.82, 2.24) is 5.32 Å². The van der Waals surface area contributed by atoms with Gasteiger partial charge in [-0.05, 0) is 55.5 Å². The first-order chi connectivity index (χ1) is 13.4. The van der Waals surface area contributed by atoms with Crippen LogP contribution in [-0.4, -0.2) is 41.5 Å². The minimum Gasteiger partial charge on any atom is -0.497 e. The Morgan fingerprint density at radius 3 is 2.50 bits per heavy atom. The molecule has 3 N–H and O–H groups in total. The van der Waals surface area contributed by atoms with E-state index >= 15 is 0 Å². The van der Waals surface area contributed by atoms with Crippen molar-refractivity contribution < 1.29 is 24.2 Å². The molecule has 0 aliphatic heterocycles. The maximum absolute atomic E-state index is 12.5. The molecular formula is C21H25NO6. The smallest absolute Gasteiger partial charge is 0.349 e. The molecule has 0 unspecified atom stereocenters. The van der Waals surface area contributed by atoms with Crippen molar-refractivity contribution in [2.45, 2.75) is 50.9 Å². The fraction of sp³-hybridized carbons (Fsp3) is 0.429. The number of aliphatic hydroxyl groups is 2. The molecule has 0 saturated heterocycles. The molecular weight excluding hydrogens is 362 g/mol. The van der Waals surface area contributed by atoms with Crippen molar-refractivity contribution in [2.24, 2.45) is 0 Å². The van der Waals surface area contributed by atoms with Crippen molar-refractivity contribution in [3.63, 3.8) is 0 Å². The van der Waals surface area contributed by atoms with Crippen LogP contribution in [0.5, 0.6) is 5.75 Å². The zero-order valence-electron chi connectivity index (χ0n) is 16.0. The third kappa shape index (κ3) is 4.43. The Hall–Kier alpha value is -2.64. The molecule has 1 heterocycles. The molecule has 1 saturated carbocycles. The monoisotopic (exact) mass is 387 g/mol. The summed E-state index contributed by atoms with van der Waals surface area (Å²) in [6.45, 7) is 1.68. The van der Waals surface area contributed by atoms with Gasteiger partial charge in [0, 0.05) is 6.42 Å². The van der Waals surface area contributed by atoms with Gasteiger partial charge in [0.2, 0.25) is 0 Å². The van der Waals surface area contributed by atoms with Gasteiger partial charge in [-0.15, -0.1) is 0 Å². The van der Waals surface area contributed by atoms with Crippen LogP contribution in [0.4, 0.5) is 0 Å². The predicted octanol–water partition coefficient (Wildman–Crippen LogP) is 1.36. The molecule has 3 atom stereocenters. The number of rotatable bonds is 6. The van der Waals surface area contributed by atoms with Crippen LogP contribution in [0, 0.1) is 6.92 Å². The quantitative estimate of drug-likeness (QED) is 0.691. The van der Waals surface area contributed by atoms with Gasteiger partial charge in [-0.25, -0.2) is 4.79 Å². The molecule has 0 radical (unpaired) electrons. The van der Waals surface area contributed by atoms with Gasteiger partial charge in [-0.1, -0.05) is 12.1 Å². The average molecular weight is 387 g/mol. The Kier molecular flexibility index (Phi) is 6.16. The largest absolute Gasteiger partial charge is 0.497 e. The van der Waals surface area contributed by atoms with Crippen LogP contribution in [-0.2, 0) is 12.8 Å². The van der Waals surface area contributed by atoms with Gasteiger partial charge in [0.05, 0.1) is 19.3 Å². The number of ether oxygens (including phenoxy) is 1. The van der Waals surface area contributed by atoms with Crippen LogP contribution >= 0.6 is 0 Å². The number of carbonyl (C=O) groups is 1. The molecule has 1 amide bonds. The molecule has 2 aromatic rings. The van der Waals surface area contributed by atoms with Gasteiger partial charge >= 0.3 is 5.63 Å². The van der Waals surface area contributed by atoms with E-state index in [1.807, 2.05) is 24.3 Å². The van der Waals surface area contributed by atoms with Gasteiger partial charge in [0.1, 0.15) is 23.2 Å². The fourth-order valence-electron chi connectivity index (χ4n) is 3.49. The molecule has 150 valence electrons. The lowest BCUT2D eigenvalue weighted by Crippen LogP contribution is -2.44. The Bertz CT molecular complexity index is 889. The zero-order chi connectivity index (χ0) is 20.3. The summed E-state index contributed by atoms with van der Waals surface area (Å²) in [5, 5.41) is 22.1. The highest BCUT2D eigenvalue weighted by atomic mass is 16.5. The average Bonchev–Trinajstić information content (AvgIpc) is 2.98. The third-order valence-corrected chi connectivity index (χ3v) is 5.14. The van der Waals surface area contributed by atoms with E-state index in [9.17, 15) is 19.8 Å². The molecule has 7 nitrogen and oxygen atoms in total. The maximum Gasteiger partial charge on any atom is 0.349 e. The first kappa shape index (κ1) is 20.1. The van der Waals surface area contributed by atoms with E-state index in [2.05, 4.69) is 5.32 Å². The molecule has 1 aromatic carbocycles. The first-order valence-electron chi connectivity index (χ1n) is 9.32. The number of amides is 1. The minimum atomic E-state index is -1.03. The standard InChI is InChI=1S/C21H25NO6/c1-12-11-15(8-5-13-3-6-14(27-2)7-4-13)28-21(26)18(12)20(25)22-16-9-10-17(23)19(16)24/h3-4,6-7,11,16-17,19,23-24H,5,8-10H2,1-2H3,(H,22,25)/t16-,17-,19+/m1/s1. The van der Waals surface area contributed by atoms with E-state index < -0.39 is 29.8 Å². The van der Waals surface area contributed by atoms with Gasteiger partial charge in [-0.2, -0.15) is 0 Å². The van der Waals surface area contributed by atoms with E-state index in [0.717, 1.165) is 11.3 Å². The number of nitrogens with one attached hydrogen (secondary N) is 1. The summed E-state index contributed by atoms with van der Waals surface area (Å²) in [5.74, 6) is 0.693. The summed E-state index contributed by atoms with van der Waals surface area (Å²) in [7, 11) is 1.61. The van der Waals surface area contributed by atoms with Crippen molar-refractivity contribution >= 4 is 5.91 Å². The summed E-state index contributed by atoms with van der Waals surface area (Å²) >= 11 is 0. The number of carbonyl (C=O) groups excluding carboxylic acids is 1. The Morgan fingerprint density at radius 1 is 1.21 bits per heavy atom. The third-order valence-electron chi connectivity index (χ3n) is 5.14. The number of methoxy groups -OCH3 is 1. The van der Waals surface area contributed by atoms with E-state index in [4.69, 9.17) is 9.15 Å². The number of benzene rings is 1. The molecule has 1 aromatic heterocycles. The number of aryl methyl sites for hydroxylation is 3. The number of aliphatic hydroxyl groups excluding tert-OH is 2. The molecule has 7 heteroatoms. The molecule has 1 aliphatic carbocycles. The lowest BCUT2D eigenvalue weighted by Gasteiger charge is -2.18. The SMILES string of the molecule is COc1ccc(CCc2cc(C)c(C(=O)N[C@@H]3CC[C@@H](O)[C@H]3O)c(=O)o2)cc1. The number of hydrogen-bond donors (Lipinski definition) is 3. The van der Waals surface area contributed by atoms with Crippen LogP contribution in [0.3, 0.4) is 0 Å². The Labute approximate surface area is 163 Å². The number of hydrogen-bond acceptors (Lipinski definition) is 6. The van der Waals surface area contributed by atoms with Gasteiger partial charge < -0.3 is 24.7 Å². The summed E-state index contributed by atoms with van der Waals surface area (Å²) in [6, 6.07) is 8.77. The van der Waals surface area contributed by atoms with Crippen LogP contribution in [0.15, 0.2) is 39.5 Å². The summed E-state index contributed by atoms with van der Waals surface area (Å²) in [5.41, 5.74) is 0.834. The summed E-state index contributed by atoms with van der Waals surface area (Å²) in [4.78, 5) is 24.8. The predicted molar refractivity (Wildman–Crippen MR) is 103 cm³/mol. The molecule has 1 fully saturated rings. The minimum absolute atomic E-state index is 0.0678. The van der Waals surface area contributed by atoms with Crippen molar-refractivity contribution in [3.8, 4) is 5.75 Å². The molecule has 0 spiro atoms. The van der Waals surface area contributed by atoms with Crippen molar-refractivity contribution in [1.29, 1.82) is 0 Å². The van der Waals surface area contributed by atoms with Crippen LogP contribution in [0.1, 0.15) is 40.1 Å². The second-order valence-electron chi connectivity index (χ2n) is 7.12. The van der Waals surface area contributed by atoms with Gasteiger partial charge in [0.15, 0.2) is 0 Å². The van der Waals surface area contributed by atoms with Gasteiger partial charge in [-0.3, -0.25) is 4.79 Å². The maximum atomic E-state index is 12.5. The normalized spacial score (nSPS) is 21.5. The van der Waals surface area contributed by atoms with Crippen molar-refractivity contribution in [2.75, 3.05) is 7.11 Å². The topological polar surface area (TPSA) is 109 Å². The first-order valence-corrected chi connectivity index (χ1v) is 9.32. The lowest BCUT2D eigenvalue weighted by atomic mass is 10.1. The lowest BCUT2D eigenvalue weighted by molar-refractivity contribution is 0.0296. The summed E-state index contributed by atoms with van der Waals surface area (Å²) in [6.07, 6.45) is 0.188. The van der Waals surface area contributed by atoms with E-state index in [1.54, 1.807) is 20.1 Å². The molecule has 3 rings (SSSR count). The summed E-state index contributed by atoms with van der Waals surface area (Å²) < 4.78 is 10.5. The van der Waals surface area contributed by atoms with E-state index in [1.165, 1.54) is 0 Å². The zero-order valence-corrected chi connectivity index (χ0v) is 16.0. The Balaban J connectivity index is 1.68. The highest BCUT2D eigenvalue weighted by molar-refractivity contribution is 5.95. The van der Waals surface area contributed by atoms with E-state index in [-0.39, 0.29) is 5.56 Å². The fourth-order valence-corrected chi connectivity index (χ4v) is 3.49. The molecule has 1 aliphatic rings. The highest BCUT2D eigenvalue weighted by Gasteiger charge is 2.35. The van der Waals surface area contributed by atoms with Crippen molar-refractivity contribution in [3.05, 3.63) is 63.2 Å². The van der Waals surface area contributed by atoms with Gasteiger partial charge in [0.25, 0.3) is 5.91 Å². The van der Waals surface area contributed by atoms with Crippen LogP contribution in [0.25, 0.3) is 0 Å². The highest BCUT2D eigenvalue weighted by Crippen LogP contribution is 2.20. The second kappa shape index (κ2) is 8.58.